The van der Waals surface area contributed by atoms with Crippen molar-refractivity contribution in [3.05, 3.63) is 28.2 Å². The monoisotopic (exact) mass is 326 g/mol. The highest BCUT2D eigenvalue weighted by Crippen LogP contribution is 2.20. The lowest BCUT2D eigenvalue weighted by Gasteiger charge is -2.15. The summed E-state index contributed by atoms with van der Waals surface area (Å²) in [5, 5.41) is 11.9. The first-order valence-corrected chi connectivity index (χ1v) is 6.81. The van der Waals surface area contributed by atoms with E-state index in [1.165, 1.54) is 4.90 Å². The van der Waals surface area contributed by atoms with E-state index in [-0.39, 0.29) is 6.54 Å². The molecule has 0 unspecified atom stereocenters. The van der Waals surface area contributed by atoms with E-state index in [9.17, 15) is 14.7 Å². The first-order chi connectivity index (χ1) is 8.97. The zero-order valence-corrected chi connectivity index (χ0v) is 12.1. The van der Waals surface area contributed by atoms with Gasteiger partial charge in [-0.25, -0.2) is 0 Å². The van der Waals surface area contributed by atoms with E-state index >= 15 is 0 Å². The number of carbonyl (C=O) groups is 2. The van der Waals surface area contributed by atoms with E-state index in [1.807, 2.05) is 13.0 Å². The molecule has 6 heteroatoms. The van der Waals surface area contributed by atoms with E-state index in [4.69, 9.17) is 0 Å². The van der Waals surface area contributed by atoms with Crippen molar-refractivity contribution in [2.45, 2.75) is 19.4 Å². The summed E-state index contributed by atoms with van der Waals surface area (Å²) in [4.78, 5) is 25.0. The Morgan fingerprint density at radius 3 is 2.79 bits per heavy atom. The van der Waals surface area contributed by atoms with E-state index < -0.39 is 17.9 Å². The van der Waals surface area contributed by atoms with Crippen molar-refractivity contribution in [3.63, 3.8) is 0 Å². The number of aliphatic hydroxyl groups is 1. The van der Waals surface area contributed by atoms with Crippen LogP contribution >= 0.6 is 15.9 Å². The lowest BCUT2D eigenvalue weighted by atomic mass is 10.2. The van der Waals surface area contributed by atoms with Gasteiger partial charge in [0.05, 0.1) is 6.10 Å². The van der Waals surface area contributed by atoms with Crippen molar-refractivity contribution < 1.29 is 14.7 Å². The number of hydrogen-bond donors (Lipinski definition) is 2. The van der Waals surface area contributed by atoms with E-state index in [0.717, 1.165) is 10.0 Å². The molecule has 1 aromatic carbocycles. The van der Waals surface area contributed by atoms with E-state index in [2.05, 4.69) is 21.2 Å². The van der Waals surface area contributed by atoms with Crippen LogP contribution in [0.3, 0.4) is 0 Å². The number of hydrogen-bond acceptors (Lipinski definition) is 3. The number of likely N-dealkylation sites (tertiary alicyclic amines) is 1. The zero-order chi connectivity index (χ0) is 14.0. The molecule has 0 radical (unpaired) electrons. The Labute approximate surface area is 119 Å². The fourth-order valence-electron chi connectivity index (χ4n) is 1.93. The first-order valence-electron chi connectivity index (χ1n) is 6.02. The summed E-state index contributed by atoms with van der Waals surface area (Å²) in [6.07, 6.45) is 0.0000177. The number of carbonyl (C=O) groups excluding carboxylic acids is 2. The third kappa shape index (κ3) is 3.33. The fourth-order valence-corrected chi connectivity index (χ4v) is 2.30. The number of aliphatic hydroxyl groups excluding tert-OH is 1. The second-order valence-corrected chi connectivity index (χ2v) is 5.47. The van der Waals surface area contributed by atoms with Crippen LogP contribution in [-0.4, -0.2) is 41.0 Å². The molecule has 5 nitrogen and oxygen atoms in total. The van der Waals surface area contributed by atoms with Crippen LogP contribution in [0.1, 0.15) is 12.0 Å². The Hall–Kier alpha value is -1.40. The van der Waals surface area contributed by atoms with Gasteiger partial charge < -0.3 is 15.3 Å². The van der Waals surface area contributed by atoms with Crippen molar-refractivity contribution in [2.75, 3.05) is 18.4 Å². The standard InChI is InChI=1S/C13H15BrN2O3/c1-8-2-3-9(6-11(8)14)15-12(18)13(19)16-5-4-10(17)7-16/h2-3,6,10,17H,4-5,7H2,1H3,(H,15,18)/t10-/m1/s1. The Kier molecular flexibility index (Phi) is 4.21. The van der Waals surface area contributed by atoms with Gasteiger partial charge in [0.25, 0.3) is 0 Å². The molecular formula is C13H15BrN2O3. The molecule has 2 N–H and O–H groups in total. The maximum absolute atomic E-state index is 11.8. The summed E-state index contributed by atoms with van der Waals surface area (Å²) in [6.45, 7) is 2.58. The molecule has 1 aromatic rings. The predicted octanol–water partition coefficient (Wildman–Crippen LogP) is 1.29. The van der Waals surface area contributed by atoms with Gasteiger partial charge in [-0.05, 0) is 31.0 Å². The minimum atomic E-state index is -0.676. The van der Waals surface area contributed by atoms with Gasteiger partial charge in [-0.2, -0.15) is 0 Å². The lowest BCUT2D eigenvalue weighted by molar-refractivity contribution is -0.142. The van der Waals surface area contributed by atoms with Crippen LogP contribution in [0.4, 0.5) is 5.69 Å². The maximum Gasteiger partial charge on any atom is 0.313 e. The highest BCUT2D eigenvalue weighted by Gasteiger charge is 2.28. The summed E-state index contributed by atoms with van der Waals surface area (Å²) in [6, 6.07) is 5.34. The minimum absolute atomic E-state index is 0.226. The van der Waals surface area contributed by atoms with Gasteiger partial charge in [0.15, 0.2) is 0 Å². The molecule has 1 heterocycles. The Bertz CT molecular complexity index is 519. The molecule has 2 amide bonds. The molecule has 1 aliphatic heterocycles. The Balaban J connectivity index is 2.00. The van der Waals surface area contributed by atoms with Gasteiger partial charge in [0.2, 0.25) is 0 Å². The van der Waals surface area contributed by atoms with Gasteiger partial charge in [0, 0.05) is 23.2 Å². The quantitative estimate of drug-likeness (QED) is 0.764. The molecule has 1 aliphatic rings. The molecule has 1 fully saturated rings. The first kappa shape index (κ1) is 14.0. The molecule has 19 heavy (non-hydrogen) atoms. The molecule has 102 valence electrons. The average Bonchev–Trinajstić information content (AvgIpc) is 2.79. The third-order valence-corrected chi connectivity index (χ3v) is 3.93. The van der Waals surface area contributed by atoms with Gasteiger partial charge in [-0.3, -0.25) is 9.59 Å². The summed E-state index contributed by atoms with van der Waals surface area (Å²) in [7, 11) is 0. The Morgan fingerprint density at radius 1 is 1.47 bits per heavy atom. The van der Waals surface area contributed by atoms with Crippen LogP contribution in [0.15, 0.2) is 22.7 Å². The number of nitrogens with one attached hydrogen (secondary N) is 1. The van der Waals surface area contributed by atoms with Gasteiger partial charge >= 0.3 is 11.8 Å². The SMILES string of the molecule is Cc1ccc(NC(=O)C(=O)N2CC[C@@H](O)C2)cc1Br. The highest BCUT2D eigenvalue weighted by atomic mass is 79.9. The number of anilines is 1. The van der Waals surface area contributed by atoms with Crippen LogP contribution < -0.4 is 5.32 Å². The molecule has 1 atom stereocenters. The summed E-state index contributed by atoms with van der Waals surface area (Å²) in [5.74, 6) is -1.28. The normalized spacial score (nSPS) is 18.5. The minimum Gasteiger partial charge on any atom is -0.391 e. The molecule has 0 aliphatic carbocycles. The van der Waals surface area contributed by atoms with Gasteiger partial charge in [-0.1, -0.05) is 22.0 Å². The van der Waals surface area contributed by atoms with Crippen LogP contribution in [0.5, 0.6) is 0 Å². The highest BCUT2D eigenvalue weighted by molar-refractivity contribution is 9.10. The van der Waals surface area contributed by atoms with Gasteiger partial charge in [0.1, 0.15) is 0 Å². The lowest BCUT2D eigenvalue weighted by Crippen LogP contribution is -2.38. The third-order valence-electron chi connectivity index (χ3n) is 3.07. The van der Waals surface area contributed by atoms with Crippen LogP contribution in [0.25, 0.3) is 0 Å². The van der Waals surface area contributed by atoms with Gasteiger partial charge in [-0.15, -0.1) is 0 Å². The van der Waals surface area contributed by atoms with Crippen molar-refractivity contribution in [2.24, 2.45) is 0 Å². The molecular weight excluding hydrogens is 312 g/mol. The maximum atomic E-state index is 11.8. The number of rotatable bonds is 1. The van der Waals surface area contributed by atoms with Crippen LogP contribution in [0, 0.1) is 6.92 Å². The van der Waals surface area contributed by atoms with Crippen molar-refractivity contribution in [3.8, 4) is 0 Å². The second-order valence-electron chi connectivity index (χ2n) is 4.61. The predicted molar refractivity (Wildman–Crippen MR) is 74.7 cm³/mol. The summed E-state index contributed by atoms with van der Waals surface area (Å²) < 4.78 is 0.870. The van der Waals surface area contributed by atoms with Crippen molar-refractivity contribution >= 4 is 33.4 Å². The number of amides is 2. The molecule has 0 aromatic heterocycles. The molecule has 2 rings (SSSR count). The van der Waals surface area contributed by atoms with Crippen LogP contribution in [-0.2, 0) is 9.59 Å². The fraction of sp³-hybridized carbons (Fsp3) is 0.385. The molecule has 0 saturated carbocycles. The van der Waals surface area contributed by atoms with E-state index in [0.29, 0.717) is 18.7 Å². The van der Waals surface area contributed by atoms with Crippen molar-refractivity contribution in [1.29, 1.82) is 0 Å². The smallest absolute Gasteiger partial charge is 0.313 e. The summed E-state index contributed by atoms with van der Waals surface area (Å²) in [5.41, 5.74) is 1.61. The number of aryl methyl sites for hydroxylation is 1. The Morgan fingerprint density at radius 2 is 2.21 bits per heavy atom. The number of benzene rings is 1. The number of β-amino-alcohol motifs (C(OH)–C–C–N with tert-alkyl or cyclic N) is 1. The van der Waals surface area contributed by atoms with Crippen LogP contribution in [0.2, 0.25) is 0 Å². The average molecular weight is 327 g/mol. The second kappa shape index (κ2) is 5.71. The van der Waals surface area contributed by atoms with E-state index in [1.54, 1.807) is 12.1 Å². The summed E-state index contributed by atoms with van der Waals surface area (Å²) >= 11 is 3.37. The number of nitrogens with zero attached hydrogens (tertiary/aromatic N) is 1. The topological polar surface area (TPSA) is 69.6 Å². The zero-order valence-electron chi connectivity index (χ0n) is 10.5. The van der Waals surface area contributed by atoms with Crippen molar-refractivity contribution in [1.82, 2.24) is 4.90 Å². The molecule has 1 saturated heterocycles. The largest absolute Gasteiger partial charge is 0.391 e. The molecule has 0 bridgehead atoms. The number of halogens is 1. The molecule has 0 spiro atoms.